The maximum atomic E-state index is 11.5. The van der Waals surface area contributed by atoms with E-state index in [1.54, 1.807) is 0 Å². The number of urea groups is 1. The molecule has 21 heavy (non-hydrogen) atoms. The van der Waals surface area contributed by atoms with E-state index in [4.69, 9.17) is 4.74 Å². The van der Waals surface area contributed by atoms with Crippen LogP contribution in [0.25, 0.3) is 0 Å². The Hall–Kier alpha value is -1.97. The zero-order chi connectivity index (χ0) is 14.9. The van der Waals surface area contributed by atoms with Crippen LogP contribution in [0.5, 0.6) is 5.75 Å². The van der Waals surface area contributed by atoms with Crippen LogP contribution < -0.4 is 15.4 Å². The molecule has 0 saturated heterocycles. The number of carbonyl (C=O) groups excluding carboxylic acids is 1. The molecule has 2 amide bonds. The Bertz CT molecular complexity index is 647. The van der Waals surface area contributed by atoms with Crippen LogP contribution in [-0.2, 0) is 0 Å². The number of rotatable bonds is 4. The zero-order valence-electron chi connectivity index (χ0n) is 11.1. The smallest absolute Gasteiger partial charge is 0.320 e. The molecule has 0 saturated carbocycles. The van der Waals surface area contributed by atoms with Crippen LogP contribution in [-0.4, -0.2) is 19.2 Å². The van der Waals surface area contributed by atoms with Gasteiger partial charge in [0.05, 0.1) is 11.5 Å². The lowest BCUT2D eigenvalue weighted by Gasteiger charge is -2.02. The summed E-state index contributed by atoms with van der Waals surface area (Å²) in [6.07, 6.45) is 0. The van der Waals surface area contributed by atoms with Crippen LogP contribution in [0.3, 0.4) is 0 Å². The predicted molar refractivity (Wildman–Crippen MR) is 88.8 cm³/mol. The van der Waals surface area contributed by atoms with Gasteiger partial charge in [-0.05, 0) is 35.7 Å². The molecule has 0 aliphatic rings. The van der Waals surface area contributed by atoms with Crippen LogP contribution in [0.4, 0.5) is 9.80 Å². The van der Waals surface area contributed by atoms with E-state index in [-0.39, 0.29) is 19.2 Å². The van der Waals surface area contributed by atoms with Gasteiger partial charge in [-0.1, -0.05) is 33.8 Å². The lowest BCUT2D eigenvalue weighted by atomic mass is 10.3. The quantitative estimate of drug-likeness (QED) is 0.812. The minimum absolute atomic E-state index is 0.264. The minimum Gasteiger partial charge on any atom is -0.481 e. The number of benzene rings is 1. The first kappa shape index (κ1) is 15.4. The highest BCUT2D eigenvalue weighted by atomic mass is 79.9. The van der Waals surface area contributed by atoms with Crippen molar-refractivity contribution in [3.63, 3.8) is 0 Å². The summed E-state index contributed by atoms with van der Waals surface area (Å²) in [6.45, 7) is 0.559. The summed E-state index contributed by atoms with van der Waals surface area (Å²) >= 11 is 4.83. The summed E-state index contributed by atoms with van der Waals surface area (Å²) in [7, 11) is 0. The van der Waals surface area contributed by atoms with Crippen molar-refractivity contribution in [2.45, 2.75) is 0 Å². The lowest BCUT2D eigenvalue weighted by molar-refractivity contribution is 0.253. The van der Waals surface area contributed by atoms with Gasteiger partial charge in [0.1, 0.15) is 12.4 Å². The Balaban J connectivity index is 1.64. The van der Waals surface area contributed by atoms with Gasteiger partial charge < -0.3 is 10.1 Å². The van der Waals surface area contributed by atoms with E-state index in [9.17, 15) is 4.79 Å². The first-order valence-electron chi connectivity index (χ1n) is 6.16. The predicted octanol–water partition coefficient (Wildman–Crippen LogP) is 3.71. The maximum absolute atomic E-state index is 11.5. The number of halogens is 1. The van der Waals surface area contributed by atoms with Gasteiger partial charge in [-0.2, -0.15) is 0 Å². The Morgan fingerprint density at radius 3 is 2.95 bits per heavy atom. The molecule has 2 rings (SSSR count). The highest BCUT2D eigenvalue weighted by Crippen LogP contribution is 2.17. The number of nitrogens with one attached hydrogen (secondary N) is 2. The van der Waals surface area contributed by atoms with Gasteiger partial charge in [0.15, 0.2) is 0 Å². The van der Waals surface area contributed by atoms with E-state index in [1.165, 1.54) is 11.3 Å². The molecule has 0 spiro atoms. The van der Waals surface area contributed by atoms with Crippen molar-refractivity contribution >= 4 is 38.3 Å². The summed E-state index contributed by atoms with van der Waals surface area (Å²) in [5.41, 5.74) is 0. The summed E-state index contributed by atoms with van der Waals surface area (Å²) in [6, 6.07) is 11.0. The summed E-state index contributed by atoms with van der Waals surface area (Å²) < 4.78 is 6.41. The molecule has 1 aromatic carbocycles. The second-order valence-corrected chi connectivity index (χ2v) is 5.75. The van der Waals surface area contributed by atoms with Gasteiger partial charge in [-0.25, -0.2) is 4.79 Å². The van der Waals surface area contributed by atoms with Crippen LogP contribution in [0.15, 0.2) is 46.3 Å². The Kier molecular flexibility index (Phi) is 6.13. The molecule has 0 aliphatic heterocycles. The highest BCUT2D eigenvalue weighted by Gasteiger charge is 1.99. The molecule has 4 nitrogen and oxygen atoms in total. The van der Waals surface area contributed by atoms with Crippen molar-refractivity contribution in [1.82, 2.24) is 5.32 Å². The fourth-order valence-electron chi connectivity index (χ4n) is 1.42. The van der Waals surface area contributed by atoms with E-state index in [0.29, 0.717) is 0 Å². The number of anilines is 1. The van der Waals surface area contributed by atoms with E-state index in [2.05, 4.69) is 38.4 Å². The fraction of sp³-hybridized carbons (Fsp3) is 0.133. The van der Waals surface area contributed by atoms with Gasteiger partial charge in [0, 0.05) is 4.47 Å². The van der Waals surface area contributed by atoms with Gasteiger partial charge >= 0.3 is 6.03 Å². The Labute approximate surface area is 135 Å². The Morgan fingerprint density at radius 2 is 2.19 bits per heavy atom. The van der Waals surface area contributed by atoms with Crippen molar-refractivity contribution in [3.05, 3.63) is 46.3 Å². The van der Waals surface area contributed by atoms with Crippen molar-refractivity contribution in [3.8, 4) is 17.6 Å². The van der Waals surface area contributed by atoms with Crippen molar-refractivity contribution in [1.29, 1.82) is 0 Å². The van der Waals surface area contributed by atoms with Gasteiger partial charge in [0.25, 0.3) is 0 Å². The van der Waals surface area contributed by atoms with Crippen LogP contribution in [0.2, 0.25) is 0 Å². The summed E-state index contributed by atoms with van der Waals surface area (Å²) in [4.78, 5) is 11.5. The normalized spacial score (nSPS) is 9.38. The second kappa shape index (κ2) is 8.35. The third kappa shape index (κ3) is 5.90. The van der Waals surface area contributed by atoms with E-state index in [1.807, 2.05) is 41.8 Å². The number of ether oxygens (including phenoxy) is 1. The number of amides is 2. The number of carbonyl (C=O) groups is 1. The molecular formula is C15H13BrN2O2S. The third-order valence-corrected chi connectivity index (χ3v) is 3.61. The third-order valence-electron chi connectivity index (χ3n) is 2.33. The second-order valence-electron chi connectivity index (χ2n) is 3.88. The molecule has 0 aliphatic carbocycles. The monoisotopic (exact) mass is 364 g/mol. The van der Waals surface area contributed by atoms with Crippen molar-refractivity contribution in [2.24, 2.45) is 0 Å². The van der Waals surface area contributed by atoms with Gasteiger partial charge in [-0.15, -0.1) is 11.3 Å². The molecular weight excluding hydrogens is 352 g/mol. The molecule has 2 aromatic rings. The molecule has 1 heterocycles. The van der Waals surface area contributed by atoms with E-state index < -0.39 is 0 Å². The van der Waals surface area contributed by atoms with E-state index >= 15 is 0 Å². The summed E-state index contributed by atoms with van der Waals surface area (Å²) in [5, 5.41) is 8.06. The molecule has 108 valence electrons. The largest absolute Gasteiger partial charge is 0.481 e. The molecule has 6 heteroatoms. The SMILES string of the molecule is O=C(NCC#CCOc1cccc(Br)c1)Nc1cccs1. The maximum Gasteiger partial charge on any atom is 0.320 e. The van der Waals surface area contributed by atoms with Crippen LogP contribution in [0, 0.1) is 11.8 Å². The molecule has 2 N–H and O–H groups in total. The molecule has 1 aromatic heterocycles. The first-order chi connectivity index (χ1) is 10.2. The molecule has 0 bridgehead atoms. The average Bonchev–Trinajstić information content (AvgIpc) is 2.95. The number of thiophene rings is 1. The van der Waals surface area contributed by atoms with Gasteiger partial charge in [-0.3, -0.25) is 5.32 Å². The standard InChI is InChI=1S/C15H13BrN2O2S/c16-12-5-3-6-13(11-12)20-9-2-1-8-17-15(19)18-14-7-4-10-21-14/h3-7,10-11H,8-9H2,(H2,17,18,19). The van der Waals surface area contributed by atoms with Crippen molar-refractivity contribution in [2.75, 3.05) is 18.5 Å². The number of hydrogen-bond donors (Lipinski definition) is 2. The summed E-state index contributed by atoms with van der Waals surface area (Å²) in [5.74, 6) is 6.42. The highest BCUT2D eigenvalue weighted by molar-refractivity contribution is 9.10. The van der Waals surface area contributed by atoms with E-state index in [0.717, 1.165) is 15.2 Å². The molecule has 0 radical (unpaired) electrons. The lowest BCUT2D eigenvalue weighted by Crippen LogP contribution is -2.28. The Morgan fingerprint density at radius 1 is 1.29 bits per heavy atom. The van der Waals surface area contributed by atoms with Crippen LogP contribution in [0.1, 0.15) is 0 Å². The van der Waals surface area contributed by atoms with Crippen LogP contribution >= 0.6 is 27.3 Å². The number of hydrogen-bond acceptors (Lipinski definition) is 3. The molecule has 0 atom stereocenters. The topological polar surface area (TPSA) is 50.4 Å². The average molecular weight is 365 g/mol. The van der Waals surface area contributed by atoms with Gasteiger partial charge in [0.2, 0.25) is 0 Å². The zero-order valence-corrected chi connectivity index (χ0v) is 13.5. The van der Waals surface area contributed by atoms with Crippen molar-refractivity contribution < 1.29 is 9.53 Å². The minimum atomic E-state index is -0.264. The first-order valence-corrected chi connectivity index (χ1v) is 7.84. The molecule has 0 fully saturated rings. The fourth-order valence-corrected chi connectivity index (χ4v) is 2.41. The molecule has 0 unspecified atom stereocenters.